The first-order valence-corrected chi connectivity index (χ1v) is 14.7. The van der Waals surface area contributed by atoms with Crippen LogP contribution in [0.3, 0.4) is 0 Å². The molecule has 6 rings (SSSR count). The summed E-state index contributed by atoms with van der Waals surface area (Å²) in [6, 6.07) is 13.5. The van der Waals surface area contributed by atoms with E-state index in [2.05, 4.69) is 33.2 Å². The van der Waals surface area contributed by atoms with E-state index >= 15 is 4.39 Å². The van der Waals surface area contributed by atoms with Gasteiger partial charge in [0, 0.05) is 73.9 Å². The number of aromatic nitrogens is 1. The molecule has 8 nitrogen and oxygen atoms in total. The van der Waals surface area contributed by atoms with E-state index in [1.165, 1.54) is 46.2 Å². The number of pyridine rings is 1. The number of anilines is 2. The number of fused-ring (bicyclic) bond motifs is 1. The van der Waals surface area contributed by atoms with E-state index in [4.69, 9.17) is 4.74 Å². The fourth-order valence-corrected chi connectivity index (χ4v) is 6.42. The minimum atomic E-state index is -1.34. The summed E-state index contributed by atoms with van der Waals surface area (Å²) >= 11 is 1.59. The van der Waals surface area contributed by atoms with Gasteiger partial charge >= 0.3 is 0 Å². The molecule has 2 amide bonds. The van der Waals surface area contributed by atoms with Crippen molar-refractivity contribution in [2.24, 2.45) is 5.41 Å². The fraction of sp³-hybridized carbons (Fsp3) is 0.323. The number of carbonyl (C=O) groups is 2. The van der Waals surface area contributed by atoms with Crippen molar-refractivity contribution >= 4 is 44.7 Å². The molecule has 0 bridgehead atoms. The lowest BCUT2D eigenvalue weighted by molar-refractivity contribution is -0.135. The molecule has 2 aromatic heterocycles. The SMILES string of the molecule is CN1CCN(Cc2cc3nccc(Oc4ccc(NC(=O)C5(C)CCN(c6ccc(F)cc6)C5=O)cc4F)c3s2)CC1. The first-order chi connectivity index (χ1) is 20.2. The van der Waals surface area contributed by atoms with Gasteiger partial charge in [0.1, 0.15) is 17.0 Å². The standard InChI is InChI=1S/C31H31F2N5O3S/c1-31(10-12-38(30(31)40)22-6-3-20(32)4-7-22)29(39)35-21-5-8-26(24(33)17-21)41-27-9-11-34-25-18-23(42-28(25)27)19-37-15-13-36(2)14-16-37/h3-9,11,17-18H,10,12-16,19H2,1-2H3,(H,35,39). The predicted octanol–water partition coefficient (Wildman–Crippen LogP) is 5.50. The van der Waals surface area contributed by atoms with Crippen molar-refractivity contribution in [1.82, 2.24) is 14.8 Å². The first-order valence-electron chi connectivity index (χ1n) is 13.8. The minimum absolute atomic E-state index is 0.0140. The van der Waals surface area contributed by atoms with E-state index in [9.17, 15) is 14.0 Å². The van der Waals surface area contributed by atoms with E-state index in [1.54, 1.807) is 36.6 Å². The lowest BCUT2D eigenvalue weighted by atomic mass is 9.87. The van der Waals surface area contributed by atoms with E-state index in [-0.39, 0.29) is 17.9 Å². The number of nitrogens with one attached hydrogen (secondary N) is 1. The topological polar surface area (TPSA) is 78.0 Å². The highest BCUT2D eigenvalue weighted by molar-refractivity contribution is 7.19. The third-order valence-electron chi connectivity index (χ3n) is 8.00. The van der Waals surface area contributed by atoms with Gasteiger partial charge in [0.2, 0.25) is 11.8 Å². The van der Waals surface area contributed by atoms with E-state index < -0.39 is 28.9 Å². The Labute approximate surface area is 246 Å². The molecule has 0 radical (unpaired) electrons. The van der Waals surface area contributed by atoms with Gasteiger partial charge in [0.05, 0.1) is 10.2 Å². The lowest BCUT2D eigenvalue weighted by Crippen LogP contribution is -2.43. The highest BCUT2D eigenvalue weighted by Gasteiger charge is 2.49. The van der Waals surface area contributed by atoms with Crippen LogP contribution in [0.4, 0.5) is 20.2 Å². The van der Waals surface area contributed by atoms with Crippen LogP contribution in [0.15, 0.2) is 60.8 Å². The van der Waals surface area contributed by atoms with Gasteiger partial charge in [0.25, 0.3) is 0 Å². The second-order valence-corrected chi connectivity index (χ2v) is 12.2. The Hall–Kier alpha value is -3.93. The monoisotopic (exact) mass is 591 g/mol. The van der Waals surface area contributed by atoms with Gasteiger partial charge in [-0.05, 0) is 62.9 Å². The van der Waals surface area contributed by atoms with Gasteiger partial charge < -0.3 is 19.9 Å². The number of hydrogen-bond acceptors (Lipinski definition) is 7. The quantitative estimate of drug-likeness (QED) is 0.286. The zero-order chi connectivity index (χ0) is 29.4. The predicted molar refractivity (Wildman–Crippen MR) is 159 cm³/mol. The summed E-state index contributed by atoms with van der Waals surface area (Å²) in [4.78, 5) is 38.2. The Morgan fingerprint density at radius 1 is 1.02 bits per heavy atom. The summed E-state index contributed by atoms with van der Waals surface area (Å²) in [6.45, 7) is 6.81. The fourth-order valence-electron chi connectivity index (χ4n) is 5.32. The molecule has 4 aromatic rings. The Morgan fingerprint density at radius 2 is 1.79 bits per heavy atom. The van der Waals surface area contributed by atoms with E-state index in [0.717, 1.165) is 42.9 Å². The third kappa shape index (κ3) is 5.59. The highest BCUT2D eigenvalue weighted by Crippen LogP contribution is 2.38. The molecule has 2 aromatic carbocycles. The van der Waals surface area contributed by atoms with Gasteiger partial charge in [-0.3, -0.25) is 19.5 Å². The normalized spacial score (nSPS) is 19.9. The average molecular weight is 592 g/mol. The number of amides is 2. The molecule has 1 unspecified atom stereocenters. The summed E-state index contributed by atoms with van der Waals surface area (Å²) in [6.07, 6.45) is 1.92. The molecule has 0 saturated carbocycles. The molecule has 1 N–H and O–H groups in total. The summed E-state index contributed by atoms with van der Waals surface area (Å²) in [5.74, 6) is -1.46. The maximum atomic E-state index is 15.2. The van der Waals surface area contributed by atoms with Gasteiger partial charge in [0.15, 0.2) is 11.6 Å². The van der Waals surface area contributed by atoms with Gasteiger partial charge in [-0.15, -0.1) is 11.3 Å². The second-order valence-electron chi connectivity index (χ2n) is 11.0. The molecule has 0 aliphatic carbocycles. The first kappa shape index (κ1) is 28.2. The number of carbonyl (C=O) groups excluding carboxylic acids is 2. The van der Waals surface area contributed by atoms with Crippen LogP contribution >= 0.6 is 11.3 Å². The number of hydrogen-bond donors (Lipinski definition) is 1. The molecule has 218 valence electrons. The zero-order valence-electron chi connectivity index (χ0n) is 23.4. The Balaban J connectivity index is 1.13. The number of thiophene rings is 1. The molecule has 2 aliphatic rings. The summed E-state index contributed by atoms with van der Waals surface area (Å²) in [5.41, 5.74) is 0.191. The molecule has 11 heteroatoms. The maximum Gasteiger partial charge on any atom is 0.242 e. The van der Waals surface area contributed by atoms with Crippen molar-refractivity contribution in [3.8, 4) is 11.5 Å². The number of nitrogens with zero attached hydrogens (tertiary/aromatic N) is 4. The number of rotatable bonds is 7. The zero-order valence-corrected chi connectivity index (χ0v) is 24.2. The van der Waals surface area contributed by atoms with Crippen molar-refractivity contribution in [3.63, 3.8) is 0 Å². The number of halogens is 2. The molecular weight excluding hydrogens is 560 g/mol. The highest BCUT2D eigenvalue weighted by atomic mass is 32.1. The van der Waals surface area contributed by atoms with Crippen molar-refractivity contribution in [2.75, 3.05) is 50.0 Å². The number of ether oxygens (including phenoxy) is 1. The van der Waals surface area contributed by atoms with E-state index in [1.807, 2.05) is 0 Å². The summed E-state index contributed by atoms with van der Waals surface area (Å²) < 4.78 is 35.3. The van der Waals surface area contributed by atoms with Crippen LogP contribution in [0.1, 0.15) is 18.2 Å². The van der Waals surface area contributed by atoms with Crippen LogP contribution in [0.2, 0.25) is 0 Å². The van der Waals surface area contributed by atoms with Crippen molar-refractivity contribution in [2.45, 2.75) is 19.9 Å². The van der Waals surface area contributed by atoms with Crippen molar-refractivity contribution in [3.05, 3.63) is 77.3 Å². The van der Waals surface area contributed by atoms with Crippen LogP contribution in [0, 0.1) is 17.0 Å². The second kappa shape index (κ2) is 11.4. The Kier molecular flexibility index (Phi) is 7.65. The molecule has 2 fully saturated rings. The molecule has 4 heterocycles. The average Bonchev–Trinajstić information content (AvgIpc) is 3.53. The van der Waals surface area contributed by atoms with Crippen LogP contribution in [0.5, 0.6) is 11.5 Å². The molecule has 1 atom stereocenters. The number of piperazine rings is 1. The lowest BCUT2D eigenvalue weighted by Gasteiger charge is -2.31. The molecular formula is C31H31F2N5O3S. The van der Waals surface area contributed by atoms with Crippen LogP contribution in [0.25, 0.3) is 10.2 Å². The smallest absolute Gasteiger partial charge is 0.242 e. The number of likely N-dealkylation sites (N-methyl/N-ethyl adjacent to an activating group) is 1. The molecule has 2 saturated heterocycles. The Bertz CT molecular complexity index is 1640. The summed E-state index contributed by atoms with van der Waals surface area (Å²) in [7, 11) is 2.13. The van der Waals surface area contributed by atoms with Gasteiger partial charge in [-0.2, -0.15) is 0 Å². The minimum Gasteiger partial charge on any atom is -0.453 e. The van der Waals surface area contributed by atoms with Crippen molar-refractivity contribution in [1.29, 1.82) is 0 Å². The largest absolute Gasteiger partial charge is 0.453 e. The molecule has 42 heavy (non-hydrogen) atoms. The maximum absolute atomic E-state index is 15.2. The van der Waals surface area contributed by atoms with Crippen molar-refractivity contribution < 1.29 is 23.1 Å². The molecule has 0 spiro atoms. The number of benzene rings is 2. The van der Waals surface area contributed by atoms with Gasteiger partial charge in [-0.25, -0.2) is 8.78 Å². The third-order valence-corrected chi connectivity index (χ3v) is 9.13. The summed E-state index contributed by atoms with van der Waals surface area (Å²) in [5, 5.41) is 2.68. The van der Waals surface area contributed by atoms with E-state index in [0.29, 0.717) is 18.0 Å². The van der Waals surface area contributed by atoms with Crippen LogP contribution < -0.4 is 15.0 Å². The van der Waals surface area contributed by atoms with Crippen LogP contribution in [-0.2, 0) is 16.1 Å². The molecule has 2 aliphatic heterocycles. The Morgan fingerprint density at radius 3 is 2.52 bits per heavy atom. The van der Waals surface area contributed by atoms with Gasteiger partial charge in [-0.1, -0.05) is 0 Å². The van der Waals surface area contributed by atoms with Crippen LogP contribution in [-0.4, -0.2) is 66.4 Å².